The second kappa shape index (κ2) is 4.14. The Bertz CT molecular complexity index is 563. The van der Waals surface area contributed by atoms with Crippen molar-refractivity contribution in [3.05, 3.63) is 29.3 Å². The van der Waals surface area contributed by atoms with Gasteiger partial charge in [0.25, 0.3) is 0 Å². The van der Waals surface area contributed by atoms with Crippen molar-refractivity contribution in [1.29, 1.82) is 0 Å². The van der Waals surface area contributed by atoms with Crippen LogP contribution in [0.3, 0.4) is 0 Å². The Labute approximate surface area is 101 Å². The van der Waals surface area contributed by atoms with E-state index in [0.717, 1.165) is 18.4 Å². The van der Waals surface area contributed by atoms with Gasteiger partial charge in [-0.05, 0) is 43.5 Å². The van der Waals surface area contributed by atoms with Crippen LogP contribution < -0.4 is 4.31 Å². The van der Waals surface area contributed by atoms with Crippen LogP contribution in [0.15, 0.2) is 18.2 Å². The zero-order chi connectivity index (χ0) is 12.6. The van der Waals surface area contributed by atoms with Gasteiger partial charge in [-0.25, -0.2) is 8.42 Å². The number of ketones is 1. The summed E-state index contributed by atoms with van der Waals surface area (Å²) in [6.45, 7) is 2.03. The molecular weight excluding hydrogens is 238 g/mol. The summed E-state index contributed by atoms with van der Waals surface area (Å²) in [4.78, 5) is 11.3. The molecule has 1 aromatic carbocycles. The molecule has 0 spiro atoms. The maximum atomic E-state index is 11.6. The predicted molar refractivity (Wildman–Crippen MR) is 67.0 cm³/mol. The highest BCUT2D eigenvalue weighted by Crippen LogP contribution is 2.29. The minimum atomic E-state index is -3.22. The molecule has 0 aliphatic carbocycles. The van der Waals surface area contributed by atoms with Crippen LogP contribution in [0.5, 0.6) is 0 Å². The molecule has 4 nitrogen and oxygen atoms in total. The topological polar surface area (TPSA) is 54.5 Å². The Balaban J connectivity index is 2.51. The fraction of sp³-hybridized carbons (Fsp3) is 0.417. The molecule has 1 aliphatic rings. The van der Waals surface area contributed by atoms with Gasteiger partial charge in [0.1, 0.15) is 0 Å². The monoisotopic (exact) mass is 253 g/mol. The van der Waals surface area contributed by atoms with E-state index in [2.05, 4.69) is 0 Å². The molecular formula is C12H15NO3S. The number of fused-ring (bicyclic) bond motifs is 1. The number of carbonyl (C=O) groups excluding carboxylic acids is 1. The standard InChI is InChI=1S/C12H15NO3S/c1-9(14)10-5-6-12-11(8-10)4-3-7-13(12)17(2,15)16/h5-6,8H,3-4,7H2,1-2H3. The third-order valence-electron chi connectivity index (χ3n) is 2.96. The highest BCUT2D eigenvalue weighted by molar-refractivity contribution is 7.92. The molecule has 0 radical (unpaired) electrons. The minimum absolute atomic E-state index is 0.00396. The first-order valence-corrected chi connectivity index (χ1v) is 7.36. The average Bonchev–Trinajstić information content (AvgIpc) is 2.26. The lowest BCUT2D eigenvalue weighted by atomic mass is 9.99. The largest absolute Gasteiger partial charge is 0.295 e. The van der Waals surface area contributed by atoms with Gasteiger partial charge in [-0.15, -0.1) is 0 Å². The Kier molecular flexibility index (Phi) is 2.95. The number of rotatable bonds is 2. The van der Waals surface area contributed by atoms with E-state index in [9.17, 15) is 13.2 Å². The van der Waals surface area contributed by atoms with E-state index >= 15 is 0 Å². The Morgan fingerprint density at radius 3 is 2.65 bits per heavy atom. The van der Waals surface area contributed by atoms with Crippen molar-refractivity contribution in [2.24, 2.45) is 0 Å². The first kappa shape index (κ1) is 12.1. The number of nitrogens with zero attached hydrogens (tertiary/aromatic N) is 1. The van der Waals surface area contributed by atoms with Gasteiger partial charge in [0.15, 0.2) is 5.78 Å². The van der Waals surface area contributed by atoms with Gasteiger partial charge < -0.3 is 0 Å². The van der Waals surface area contributed by atoms with Crippen molar-refractivity contribution >= 4 is 21.5 Å². The number of Topliss-reactive ketones (excluding diaryl/α,β-unsaturated/α-hetero) is 1. The fourth-order valence-corrected chi connectivity index (χ4v) is 3.12. The molecule has 1 aromatic rings. The van der Waals surface area contributed by atoms with Gasteiger partial charge in [0.2, 0.25) is 10.0 Å². The lowest BCUT2D eigenvalue weighted by Crippen LogP contribution is -2.34. The normalized spacial score (nSPS) is 15.5. The highest BCUT2D eigenvalue weighted by Gasteiger charge is 2.24. The quantitative estimate of drug-likeness (QED) is 0.752. The summed E-state index contributed by atoms with van der Waals surface area (Å²) in [5, 5.41) is 0. The van der Waals surface area contributed by atoms with E-state index in [-0.39, 0.29) is 5.78 Å². The lowest BCUT2D eigenvalue weighted by Gasteiger charge is -2.29. The fourth-order valence-electron chi connectivity index (χ4n) is 2.13. The lowest BCUT2D eigenvalue weighted by molar-refractivity contribution is 0.101. The van der Waals surface area contributed by atoms with Crippen molar-refractivity contribution in [2.45, 2.75) is 19.8 Å². The molecule has 2 rings (SSSR count). The molecule has 0 bridgehead atoms. The third-order valence-corrected chi connectivity index (χ3v) is 4.14. The molecule has 0 atom stereocenters. The summed E-state index contributed by atoms with van der Waals surface area (Å²) in [7, 11) is -3.22. The second-order valence-electron chi connectivity index (χ2n) is 4.34. The first-order valence-electron chi connectivity index (χ1n) is 5.51. The van der Waals surface area contributed by atoms with Crippen LogP contribution in [0, 0.1) is 0 Å². The molecule has 1 aliphatic heterocycles. The first-order chi connectivity index (χ1) is 7.89. The number of aryl methyl sites for hydroxylation is 1. The van der Waals surface area contributed by atoms with E-state index in [1.165, 1.54) is 17.5 Å². The van der Waals surface area contributed by atoms with Crippen molar-refractivity contribution in [2.75, 3.05) is 17.1 Å². The zero-order valence-corrected chi connectivity index (χ0v) is 10.8. The van der Waals surface area contributed by atoms with Crippen molar-refractivity contribution in [3.63, 3.8) is 0 Å². The summed E-state index contributed by atoms with van der Waals surface area (Å²) in [5.41, 5.74) is 2.29. The van der Waals surface area contributed by atoms with Crippen molar-refractivity contribution in [3.8, 4) is 0 Å². The smallest absolute Gasteiger partial charge is 0.232 e. The van der Waals surface area contributed by atoms with E-state index < -0.39 is 10.0 Å². The van der Waals surface area contributed by atoms with Crippen LogP contribution in [0.1, 0.15) is 29.3 Å². The van der Waals surface area contributed by atoms with Crippen LogP contribution in [0.2, 0.25) is 0 Å². The van der Waals surface area contributed by atoms with Gasteiger partial charge >= 0.3 is 0 Å². The van der Waals surface area contributed by atoms with Gasteiger partial charge in [-0.2, -0.15) is 0 Å². The van der Waals surface area contributed by atoms with Gasteiger partial charge in [-0.1, -0.05) is 0 Å². The maximum absolute atomic E-state index is 11.6. The summed E-state index contributed by atoms with van der Waals surface area (Å²) >= 11 is 0. The molecule has 0 aromatic heterocycles. The summed E-state index contributed by atoms with van der Waals surface area (Å²) in [6.07, 6.45) is 2.82. The van der Waals surface area contributed by atoms with Crippen molar-refractivity contribution < 1.29 is 13.2 Å². The Morgan fingerprint density at radius 1 is 1.35 bits per heavy atom. The maximum Gasteiger partial charge on any atom is 0.232 e. The van der Waals surface area contributed by atoms with E-state index in [0.29, 0.717) is 17.8 Å². The molecule has 5 heteroatoms. The molecule has 0 fully saturated rings. The Hall–Kier alpha value is -1.36. The number of hydrogen-bond acceptors (Lipinski definition) is 3. The molecule has 0 saturated heterocycles. The molecule has 1 heterocycles. The van der Waals surface area contributed by atoms with E-state index in [4.69, 9.17) is 0 Å². The average molecular weight is 253 g/mol. The van der Waals surface area contributed by atoms with Crippen molar-refractivity contribution in [1.82, 2.24) is 0 Å². The van der Waals surface area contributed by atoms with Gasteiger partial charge in [0.05, 0.1) is 11.9 Å². The van der Waals surface area contributed by atoms with Gasteiger partial charge in [0, 0.05) is 12.1 Å². The SMILES string of the molecule is CC(=O)c1ccc2c(c1)CCCN2S(C)(=O)=O. The molecule has 0 saturated carbocycles. The summed E-state index contributed by atoms with van der Waals surface area (Å²) < 4.78 is 24.7. The zero-order valence-electron chi connectivity index (χ0n) is 9.93. The van der Waals surface area contributed by atoms with E-state index in [1.54, 1.807) is 18.2 Å². The summed E-state index contributed by atoms with van der Waals surface area (Å²) in [5.74, 6) is 0.00396. The van der Waals surface area contributed by atoms with Crippen LogP contribution in [0.25, 0.3) is 0 Å². The molecule has 0 N–H and O–H groups in total. The molecule has 92 valence electrons. The minimum Gasteiger partial charge on any atom is -0.295 e. The van der Waals surface area contributed by atoms with Gasteiger partial charge in [-0.3, -0.25) is 9.10 Å². The Morgan fingerprint density at radius 2 is 2.06 bits per heavy atom. The number of carbonyl (C=O) groups is 1. The van der Waals surface area contributed by atoms with Crippen LogP contribution in [0.4, 0.5) is 5.69 Å². The van der Waals surface area contributed by atoms with Crippen LogP contribution in [-0.2, 0) is 16.4 Å². The van der Waals surface area contributed by atoms with E-state index in [1.807, 2.05) is 0 Å². The summed E-state index contributed by atoms with van der Waals surface area (Å²) in [6, 6.07) is 5.21. The number of benzene rings is 1. The second-order valence-corrected chi connectivity index (χ2v) is 6.25. The highest BCUT2D eigenvalue weighted by atomic mass is 32.2. The number of sulfonamides is 1. The van der Waals surface area contributed by atoms with Crippen LogP contribution >= 0.6 is 0 Å². The third kappa shape index (κ3) is 2.34. The predicted octanol–water partition coefficient (Wildman–Crippen LogP) is 1.60. The number of anilines is 1. The number of hydrogen-bond donors (Lipinski definition) is 0. The molecule has 17 heavy (non-hydrogen) atoms. The molecule has 0 amide bonds. The van der Waals surface area contributed by atoms with Crippen LogP contribution in [-0.4, -0.2) is 27.0 Å². The molecule has 0 unspecified atom stereocenters.